The summed E-state index contributed by atoms with van der Waals surface area (Å²) in [5.41, 5.74) is -1.04. The third kappa shape index (κ3) is 2.76. The molecule has 5 nitrogen and oxygen atoms in total. The second-order valence-corrected chi connectivity index (χ2v) is 6.36. The Labute approximate surface area is 120 Å². The van der Waals surface area contributed by atoms with Gasteiger partial charge in [0.2, 0.25) is 0 Å². The van der Waals surface area contributed by atoms with Gasteiger partial charge in [-0.25, -0.2) is 9.59 Å². The van der Waals surface area contributed by atoms with Crippen LogP contribution in [0.4, 0.5) is 4.79 Å². The van der Waals surface area contributed by atoms with Crippen molar-refractivity contribution >= 4 is 12.0 Å². The summed E-state index contributed by atoms with van der Waals surface area (Å²) in [4.78, 5) is 27.9. The minimum Gasteiger partial charge on any atom is -0.480 e. The van der Waals surface area contributed by atoms with Gasteiger partial charge in [-0.3, -0.25) is 0 Å². The Morgan fingerprint density at radius 3 is 2.50 bits per heavy atom. The quantitative estimate of drug-likeness (QED) is 0.804. The number of rotatable bonds is 1. The second-order valence-electron chi connectivity index (χ2n) is 6.36. The van der Waals surface area contributed by atoms with E-state index in [0.717, 1.165) is 45.1 Å². The van der Waals surface area contributed by atoms with E-state index in [9.17, 15) is 14.7 Å². The molecule has 2 amide bonds. The van der Waals surface area contributed by atoms with Crippen LogP contribution in [0.1, 0.15) is 58.8 Å². The first kappa shape index (κ1) is 15.1. The lowest BCUT2D eigenvalue weighted by Gasteiger charge is -2.44. The number of carboxylic acids is 1. The van der Waals surface area contributed by atoms with E-state index in [-0.39, 0.29) is 12.1 Å². The SMILES string of the molecule is CC1CCCCCN1C(=O)N1CCCCC1(C)C(=O)O. The van der Waals surface area contributed by atoms with Crippen molar-refractivity contribution in [1.29, 1.82) is 0 Å². The van der Waals surface area contributed by atoms with Crippen LogP contribution in [0.25, 0.3) is 0 Å². The Morgan fingerprint density at radius 2 is 1.80 bits per heavy atom. The van der Waals surface area contributed by atoms with E-state index in [4.69, 9.17) is 0 Å². The van der Waals surface area contributed by atoms with Crippen molar-refractivity contribution in [1.82, 2.24) is 9.80 Å². The molecule has 0 bridgehead atoms. The zero-order valence-corrected chi connectivity index (χ0v) is 12.6. The average Bonchev–Trinajstić information content (AvgIpc) is 2.63. The molecular formula is C15H26N2O3. The van der Waals surface area contributed by atoms with Crippen LogP contribution in [0.15, 0.2) is 0 Å². The molecule has 2 saturated heterocycles. The molecule has 2 heterocycles. The van der Waals surface area contributed by atoms with E-state index in [1.165, 1.54) is 0 Å². The minimum atomic E-state index is -1.04. The number of nitrogens with zero attached hydrogens (tertiary/aromatic N) is 2. The van der Waals surface area contributed by atoms with Crippen LogP contribution in [-0.4, -0.2) is 51.6 Å². The van der Waals surface area contributed by atoms with Gasteiger partial charge in [0.05, 0.1) is 0 Å². The summed E-state index contributed by atoms with van der Waals surface area (Å²) in [5, 5.41) is 9.52. The zero-order valence-electron chi connectivity index (χ0n) is 12.6. The van der Waals surface area contributed by atoms with E-state index in [2.05, 4.69) is 6.92 Å². The molecule has 0 aromatic heterocycles. The molecular weight excluding hydrogens is 256 g/mol. The number of carbonyl (C=O) groups excluding carboxylic acids is 1. The maximum Gasteiger partial charge on any atom is 0.329 e. The predicted molar refractivity (Wildman–Crippen MR) is 76.6 cm³/mol. The molecule has 5 heteroatoms. The van der Waals surface area contributed by atoms with E-state index >= 15 is 0 Å². The van der Waals surface area contributed by atoms with Crippen molar-refractivity contribution < 1.29 is 14.7 Å². The van der Waals surface area contributed by atoms with Crippen LogP contribution >= 0.6 is 0 Å². The number of urea groups is 1. The minimum absolute atomic E-state index is 0.0796. The number of carboxylic acid groups (broad SMARTS) is 1. The lowest BCUT2D eigenvalue weighted by molar-refractivity contribution is -0.151. The maximum atomic E-state index is 12.8. The number of amides is 2. The highest BCUT2D eigenvalue weighted by Gasteiger charge is 2.45. The fourth-order valence-corrected chi connectivity index (χ4v) is 3.36. The van der Waals surface area contributed by atoms with Gasteiger partial charge >= 0.3 is 12.0 Å². The monoisotopic (exact) mass is 282 g/mol. The largest absolute Gasteiger partial charge is 0.480 e. The topological polar surface area (TPSA) is 60.9 Å². The van der Waals surface area contributed by atoms with Gasteiger partial charge in [-0.05, 0) is 46.0 Å². The summed E-state index contributed by atoms with van der Waals surface area (Å²) < 4.78 is 0. The van der Waals surface area contributed by atoms with Gasteiger partial charge in [0.15, 0.2) is 0 Å². The first-order valence-corrected chi connectivity index (χ1v) is 7.78. The van der Waals surface area contributed by atoms with Crippen LogP contribution in [0, 0.1) is 0 Å². The van der Waals surface area contributed by atoms with E-state index in [1.807, 2.05) is 4.90 Å². The van der Waals surface area contributed by atoms with Crippen LogP contribution in [0.5, 0.6) is 0 Å². The highest BCUT2D eigenvalue weighted by Crippen LogP contribution is 2.30. The summed E-state index contributed by atoms with van der Waals surface area (Å²) in [6, 6.07) is 0.133. The maximum absolute atomic E-state index is 12.8. The number of piperidine rings is 1. The Balaban J connectivity index is 2.18. The molecule has 2 fully saturated rings. The molecule has 0 aromatic carbocycles. The molecule has 0 aliphatic carbocycles. The summed E-state index contributed by atoms with van der Waals surface area (Å²) >= 11 is 0. The first-order valence-electron chi connectivity index (χ1n) is 7.78. The molecule has 2 aliphatic rings. The van der Waals surface area contributed by atoms with Gasteiger partial charge < -0.3 is 14.9 Å². The highest BCUT2D eigenvalue weighted by atomic mass is 16.4. The van der Waals surface area contributed by atoms with Gasteiger partial charge in [-0.1, -0.05) is 12.8 Å². The van der Waals surface area contributed by atoms with Gasteiger partial charge in [0, 0.05) is 19.1 Å². The molecule has 2 atom stereocenters. The van der Waals surface area contributed by atoms with Crippen molar-refractivity contribution in [2.24, 2.45) is 0 Å². The Bertz CT molecular complexity index is 385. The van der Waals surface area contributed by atoms with Gasteiger partial charge in [-0.15, -0.1) is 0 Å². The third-order valence-electron chi connectivity index (χ3n) is 4.88. The molecule has 0 saturated carbocycles. The molecule has 0 spiro atoms. The van der Waals surface area contributed by atoms with Crippen LogP contribution in [0.2, 0.25) is 0 Å². The highest BCUT2D eigenvalue weighted by molar-refractivity contribution is 5.86. The second kappa shape index (κ2) is 6.02. The molecule has 1 N–H and O–H groups in total. The molecule has 114 valence electrons. The molecule has 2 aliphatic heterocycles. The Hall–Kier alpha value is -1.26. The van der Waals surface area contributed by atoms with Crippen LogP contribution in [-0.2, 0) is 4.79 Å². The molecule has 2 rings (SSSR count). The Kier molecular flexibility index (Phi) is 4.55. The lowest BCUT2D eigenvalue weighted by atomic mass is 9.88. The molecule has 0 radical (unpaired) electrons. The van der Waals surface area contributed by atoms with Crippen molar-refractivity contribution in [3.05, 3.63) is 0 Å². The fraction of sp³-hybridized carbons (Fsp3) is 0.867. The lowest BCUT2D eigenvalue weighted by Crippen LogP contribution is -2.61. The summed E-state index contributed by atoms with van der Waals surface area (Å²) in [6.45, 7) is 5.08. The molecule has 2 unspecified atom stereocenters. The van der Waals surface area contributed by atoms with Crippen molar-refractivity contribution in [2.75, 3.05) is 13.1 Å². The van der Waals surface area contributed by atoms with Crippen molar-refractivity contribution in [3.63, 3.8) is 0 Å². The third-order valence-corrected chi connectivity index (χ3v) is 4.88. The van der Waals surface area contributed by atoms with E-state index < -0.39 is 11.5 Å². The Morgan fingerprint density at radius 1 is 1.10 bits per heavy atom. The summed E-state index contributed by atoms with van der Waals surface area (Å²) in [7, 11) is 0. The van der Waals surface area contributed by atoms with Gasteiger partial charge in [0.1, 0.15) is 5.54 Å². The van der Waals surface area contributed by atoms with Gasteiger partial charge in [0.25, 0.3) is 0 Å². The number of hydrogen-bond donors (Lipinski definition) is 1. The number of hydrogen-bond acceptors (Lipinski definition) is 2. The molecule has 0 aromatic rings. The van der Waals surface area contributed by atoms with E-state index in [1.54, 1.807) is 11.8 Å². The first-order chi connectivity index (χ1) is 9.47. The predicted octanol–water partition coefficient (Wildman–Crippen LogP) is 2.70. The molecule has 20 heavy (non-hydrogen) atoms. The van der Waals surface area contributed by atoms with Crippen molar-refractivity contribution in [2.45, 2.75) is 70.4 Å². The summed E-state index contributed by atoms with van der Waals surface area (Å²) in [6.07, 6.45) is 6.68. The average molecular weight is 282 g/mol. The summed E-state index contributed by atoms with van der Waals surface area (Å²) in [5.74, 6) is -0.881. The standard InChI is InChI=1S/C15H26N2O3/c1-12-8-4-3-6-10-16(12)14(20)17-11-7-5-9-15(17,2)13(18)19/h12H,3-11H2,1-2H3,(H,18,19). The van der Waals surface area contributed by atoms with Crippen LogP contribution < -0.4 is 0 Å². The number of aliphatic carboxylic acids is 1. The van der Waals surface area contributed by atoms with Gasteiger partial charge in [-0.2, -0.15) is 0 Å². The zero-order chi connectivity index (χ0) is 14.8. The fourth-order valence-electron chi connectivity index (χ4n) is 3.36. The van der Waals surface area contributed by atoms with Crippen molar-refractivity contribution in [3.8, 4) is 0 Å². The van der Waals surface area contributed by atoms with E-state index in [0.29, 0.717) is 13.0 Å². The smallest absolute Gasteiger partial charge is 0.329 e. The number of likely N-dealkylation sites (tertiary alicyclic amines) is 2. The van der Waals surface area contributed by atoms with Crippen LogP contribution in [0.3, 0.4) is 0 Å². The number of carbonyl (C=O) groups is 2. The normalized spacial score (nSPS) is 31.8.